The molecule has 0 atom stereocenters. The van der Waals surface area contributed by atoms with E-state index in [1.807, 2.05) is 56.3 Å². The molecule has 0 spiro atoms. The van der Waals surface area contributed by atoms with Crippen LogP contribution >= 0.6 is 0 Å². The molecular formula is C28H38F3N7. The number of hydrogen-bond acceptors (Lipinski definition) is 7. The second-order valence-electron chi connectivity index (χ2n) is 9.64. The van der Waals surface area contributed by atoms with Crippen molar-refractivity contribution in [3.63, 3.8) is 0 Å². The number of alkyl halides is 3. The van der Waals surface area contributed by atoms with Crippen LogP contribution in [-0.2, 0) is 0 Å². The lowest BCUT2D eigenvalue weighted by molar-refractivity contribution is -0.0798. The summed E-state index contributed by atoms with van der Waals surface area (Å²) in [6.07, 6.45) is 8.13. The Morgan fingerprint density at radius 3 is 2.47 bits per heavy atom. The molecular weight excluding hydrogens is 491 g/mol. The number of nitrogens with one attached hydrogen (secondary N) is 3. The monoisotopic (exact) mass is 529 g/mol. The minimum Gasteiger partial charge on any atom is -0.362 e. The van der Waals surface area contributed by atoms with Crippen LogP contribution in [0.25, 0.3) is 10.9 Å². The number of hydrazine groups is 1. The summed E-state index contributed by atoms with van der Waals surface area (Å²) < 4.78 is 37.4. The van der Waals surface area contributed by atoms with E-state index in [1.54, 1.807) is 12.3 Å². The van der Waals surface area contributed by atoms with Crippen LogP contribution in [0.5, 0.6) is 0 Å². The highest BCUT2D eigenvalue weighted by Gasteiger charge is 2.23. The highest BCUT2D eigenvalue weighted by molar-refractivity contribution is 5.90. The van der Waals surface area contributed by atoms with Crippen LogP contribution < -0.4 is 26.8 Å². The second-order valence-corrected chi connectivity index (χ2v) is 9.64. The Labute approximate surface area is 222 Å². The molecule has 1 saturated carbocycles. The molecule has 1 fully saturated rings. The fourth-order valence-corrected chi connectivity index (χ4v) is 4.58. The zero-order valence-corrected chi connectivity index (χ0v) is 22.2. The Hall–Kier alpha value is -3.37. The van der Waals surface area contributed by atoms with Crippen molar-refractivity contribution < 1.29 is 13.2 Å². The van der Waals surface area contributed by atoms with Crippen LogP contribution in [0.15, 0.2) is 72.0 Å². The maximum atomic E-state index is 12.5. The minimum atomic E-state index is -4.33. The summed E-state index contributed by atoms with van der Waals surface area (Å²) in [6, 6.07) is 8.63. The van der Waals surface area contributed by atoms with Gasteiger partial charge in [0, 0.05) is 50.4 Å². The van der Waals surface area contributed by atoms with Crippen LogP contribution in [0, 0.1) is 0 Å². The first kappa shape index (κ1) is 29.2. The van der Waals surface area contributed by atoms with Crippen molar-refractivity contribution in [2.24, 2.45) is 5.84 Å². The van der Waals surface area contributed by atoms with Gasteiger partial charge in [0.15, 0.2) is 0 Å². The lowest BCUT2D eigenvalue weighted by atomic mass is 9.91. The van der Waals surface area contributed by atoms with Gasteiger partial charge in [-0.1, -0.05) is 36.4 Å². The van der Waals surface area contributed by atoms with E-state index in [0.717, 1.165) is 59.6 Å². The molecule has 1 aliphatic rings. The largest absolute Gasteiger partial charge is 0.409 e. The van der Waals surface area contributed by atoms with Gasteiger partial charge < -0.3 is 21.0 Å². The van der Waals surface area contributed by atoms with E-state index in [1.165, 1.54) is 6.08 Å². The topological polar surface area (TPSA) is 91.1 Å². The number of anilines is 2. The summed E-state index contributed by atoms with van der Waals surface area (Å²) in [5.74, 6) is 7.06. The number of rotatable bonds is 11. The zero-order chi connectivity index (χ0) is 27.5. The lowest BCUT2D eigenvalue weighted by Crippen LogP contribution is -2.38. The summed E-state index contributed by atoms with van der Waals surface area (Å²) in [4.78, 5) is 11.5. The number of halogens is 3. The number of benzene rings is 1. The molecule has 7 nitrogen and oxygen atoms in total. The highest BCUT2D eigenvalue weighted by atomic mass is 19.4. The first-order chi connectivity index (χ1) is 18.2. The normalized spacial score (nSPS) is 19.4. The number of fused-ring (bicyclic) bond motifs is 1. The third-order valence-corrected chi connectivity index (χ3v) is 6.38. The molecule has 0 unspecified atom stereocenters. The van der Waals surface area contributed by atoms with Gasteiger partial charge in [0.2, 0.25) is 5.95 Å². The highest BCUT2D eigenvalue weighted by Crippen LogP contribution is 2.26. The maximum Gasteiger partial charge on any atom is 0.409 e. The smallest absolute Gasteiger partial charge is 0.362 e. The molecule has 38 heavy (non-hydrogen) atoms. The van der Waals surface area contributed by atoms with E-state index in [-0.39, 0.29) is 12.1 Å². The third-order valence-electron chi connectivity index (χ3n) is 6.38. The molecule has 2 aromatic rings. The SMILES string of the molecule is C\C=C/C(=C\C=C\C(F)(F)F)C/C(=C\NN)CNC1CCC(Nc2nc(N(C)C)c3ccccc3n2)CC1. The summed E-state index contributed by atoms with van der Waals surface area (Å²) in [5, 5.41) is 8.14. The van der Waals surface area contributed by atoms with Crippen molar-refractivity contribution in [2.75, 3.05) is 30.9 Å². The van der Waals surface area contributed by atoms with Gasteiger partial charge in [-0.2, -0.15) is 18.2 Å². The molecule has 0 saturated heterocycles. The van der Waals surface area contributed by atoms with Gasteiger partial charge in [0.25, 0.3) is 0 Å². The molecule has 1 aromatic carbocycles. The Bertz CT molecular complexity index is 1160. The molecule has 1 heterocycles. The minimum absolute atomic E-state index is 0.232. The van der Waals surface area contributed by atoms with Crippen LogP contribution in [0.3, 0.4) is 0 Å². The molecule has 3 rings (SSSR count). The number of aromatic nitrogens is 2. The fraction of sp³-hybridized carbons (Fsp3) is 0.429. The molecule has 0 amide bonds. The van der Waals surface area contributed by atoms with Crippen molar-refractivity contribution in [3.05, 3.63) is 72.0 Å². The van der Waals surface area contributed by atoms with Crippen molar-refractivity contribution >= 4 is 22.7 Å². The lowest BCUT2D eigenvalue weighted by Gasteiger charge is -2.30. The molecule has 1 aromatic heterocycles. The van der Waals surface area contributed by atoms with Gasteiger partial charge in [-0.15, -0.1) is 0 Å². The number of hydrogen-bond donors (Lipinski definition) is 4. The number of nitrogens with zero attached hydrogens (tertiary/aromatic N) is 3. The van der Waals surface area contributed by atoms with Gasteiger partial charge in [0.05, 0.1) is 5.52 Å². The standard InChI is InChI=1S/C28H38F3N7/c1-4-8-20(9-7-16-28(29,30)31)17-21(19-34-32)18-33-22-12-14-23(15-13-22)35-27-36-25-11-6-5-10-24(25)26(37-27)38(2)3/h4-11,16,19,22-23,33-34H,12-15,17-18,32H2,1-3H3,(H,35,36,37)/b8-4-,16-7+,20-9+,21-19+. The first-order valence-corrected chi connectivity index (χ1v) is 12.8. The maximum absolute atomic E-state index is 12.5. The Morgan fingerprint density at radius 2 is 1.82 bits per heavy atom. The van der Waals surface area contributed by atoms with Crippen molar-refractivity contribution in [1.29, 1.82) is 0 Å². The molecule has 0 radical (unpaired) electrons. The van der Waals surface area contributed by atoms with Crippen LogP contribution in [0.2, 0.25) is 0 Å². The molecule has 10 heteroatoms. The molecule has 5 N–H and O–H groups in total. The van der Waals surface area contributed by atoms with Gasteiger partial charge >= 0.3 is 6.18 Å². The first-order valence-electron chi connectivity index (χ1n) is 12.8. The Kier molecular flexibility index (Phi) is 10.7. The van der Waals surface area contributed by atoms with E-state index in [4.69, 9.17) is 15.8 Å². The number of para-hydroxylation sites is 1. The summed E-state index contributed by atoms with van der Waals surface area (Å²) in [7, 11) is 3.96. The average Bonchev–Trinajstić information content (AvgIpc) is 2.87. The predicted molar refractivity (Wildman–Crippen MR) is 150 cm³/mol. The van der Waals surface area contributed by atoms with E-state index in [2.05, 4.69) is 16.1 Å². The number of allylic oxidation sites excluding steroid dienone is 6. The summed E-state index contributed by atoms with van der Waals surface area (Å²) in [5.41, 5.74) is 5.20. The molecule has 206 valence electrons. The Balaban J connectivity index is 1.55. The van der Waals surface area contributed by atoms with Crippen LogP contribution in [0.1, 0.15) is 39.0 Å². The zero-order valence-electron chi connectivity index (χ0n) is 22.2. The average molecular weight is 530 g/mol. The van der Waals surface area contributed by atoms with Crippen molar-refractivity contribution in [3.8, 4) is 0 Å². The van der Waals surface area contributed by atoms with E-state index in [0.29, 0.717) is 25.0 Å². The van der Waals surface area contributed by atoms with Gasteiger partial charge in [-0.25, -0.2) is 4.98 Å². The molecule has 0 aliphatic heterocycles. The van der Waals surface area contributed by atoms with E-state index < -0.39 is 6.18 Å². The van der Waals surface area contributed by atoms with Crippen LogP contribution in [0.4, 0.5) is 24.9 Å². The van der Waals surface area contributed by atoms with Gasteiger partial charge in [-0.05, 0) is 62.3 Å². The van der Waals surface area contributed by atoms with E-state index in [9.17, 15) is 13.2 Å². The molecule has 0 bridgehead atoms. The van der Waals surface area contributed by atoms with Gasteiger partial charge in [-0.3, -0.25) is 5.84 Å². The van der Waals surface area contributed by atoms with Crippen molar-refractivity contribution in [1.82, 2.24) is 20.7 Å². The summed E-state index contributed by atoms with van der Waals surface area (Å²) in [6.45, 7) is 2.42. The second kappa shape index (κ2) is 14.0. The Morgan fingerprint density at radius 1 is 1.11 bits per heavy atom. The quantitative estimate of drug-likeness (QED) is 0.177. The van der Waals surface area contributed by atoms with Crippen LogP contribution in [-0.4, -0.2) is 48.9 Å². The summed E-state index contributed by atoms with van der Waals surface area (Å²) >= 11 is 0. The number of nitrogens with two attached hydrogens (primary N) is 1. The van der Waals surface area contributed by atoms with Crippen molar-refractivity contribution in [2.45, 2.75) is 57.3 Å². The molecule has 1 aliphatic carbocycles. The predicted octanol–water partition coefficient (Wildman–Crippen LogP) is 5.37. The van der Waals surface area contributed by atoms with E-state index >= 15 is 0 Å². The van der Waals surface area contributed by atoms with Gasteiger partial charge in [0.1, 0.15) is 5.82 Å². The third kappa shape index (κ3) is 9.18. The fourth-order valence-electron chi connectivity index (χ4n) is 4.58.